The van der Waals surface area contributed by atoms with Gasteiger partial charge >= 0.3 is 5.97 Å². The van der Waals surface area contributed by atoms with Gasteiger partial charge in [0.15, 0.2) is 0 Å². The fourth-order valence-electron chi connectivity index (χ4n) is 7.52. The average Bonchev–Trinajstić information content (AvgIpc) is 3.69. The lowest BCUT2D eigenvalue weighted by Crippen LogP contribution is -2.45. The predicted octanol–water partition coefficient (Wildman–Crippen LogP) is 6.94. The molecule has 5 heteroatoms. The summed E-state index contributed by atoms with van der Waals surface area (Å²) < 4.78 is 4.87. The number of likely N-dealkylation sites (tertiary alicyclic amines) is 1. The first kappa shape index (κ1) is 27.0. The van der Waals surface area contributed by atoms with Crippen molar-refractivity contribution in [1.82, 2.24) is 4.90 Å². The quantitative estimate of drug-likeness (QED) is 0.359. The molecule has 0 aromatic heterocycles. The topological polar surface area (TPSA) is 59.0 Å². The van der Waals surface area contributed by atoms with Crippen molar-refractivity contribution in [3.05, 3.63) is 64.9 Å². The number of amides is 1. The molecule has 40 heavy (non-hydrogen) atoms. The van der Waals surface area contributed by atoms with E-state index in [0.717, 1.165) is 31.5 Å². The number of allylic oxidation sites excluding steroid dienone is 1. The highest BCUT2D eigenvalue weighted by atomic mass is 16.5. The van der Waals surface area contributed by atoms with E-state index in [1.807, 2.05) is 24.9 Å². The van der Waals surface area contributed by atoms with Crippen LogP contribution < -0.4 is 0 Å². The molecule has 0 radical (unpaired) electrons. The molecule has 2 aromatic rings. The van der Waals surface area contributed by atoms with Gasteiger partial charge in [-0.2, -0.15) is 0 Å². The van der Waals surface area contributed by atoms with Gasteiger partial charge in [-0.3, -0.25) is 14.6 Å². The summed E-state index contributed by atoms with van der Waals surface area (Å²) in [5, 5.41) is 0. The molecule has 1 saturated heterocycles. The summed E-state index contributed by atoms with van der Waals surface area (Å²) in [5.41, 5.74) is 11.3. The molecule has 2 fully saturated rings. The van der Waals surface area contributed by atoms with Crippen LogP contribution in [-0.4, -0.2) is 42.2 Å². The Kier molecular flexibility index (Phi) is 7.18. The Morgan fingerprint density at radius 3 is 2.42 bits per heavy atom. The van der Waals surface area contributed by atoms with Crippen LogP contribution in [-0.2, 0) is 27.2 Å². The van der Waals surface area contributed by atoms with E-state index in [0.29, 0.717) is 5.41 Å². The van der Waals surface area contributed by atoms with Crippen LogP contribution in [0.3, 0.4) is 0 Å². The third kappa shape index (κ3) is 4.82. The zero-order chi connectivity index (χ0) is 28.0. The maximum atomic E-state index is 13.5. The zero-order valence-corrected chi connectivity index (χ0v) is 24.5. The van der Waals surface area contributed by atoms with E-state index in [9.17, 15) is 9.59 Å². The normalized spacial score (nSPS) is 21.7. The van der Waals surface area contributed by atoms with Crippen LogP contribution in [0.15, 0.2) is 47.6 Å². The molecule has 2 heterocycles. The number of aliphatic imine (C=N–C) groups is 1. The molecule has 2 atom stereocenters. The first-order chi connectivity index (χ1) is 19.3. The molecular weight excluding hydrogens is 496 g/mol. The van der Waals surface area contributed by atoms with Gasteiger partial charge in [0, 0.05) is 24.9 Å². The second kappa shape index (κ2) is 10.6. The second-order valence-corrected chi connectivity index (χ2v) is 12.9. The van der Waals surface area contributed by atoms with Gasteiger partial charge in [-0.1, -0.05) is 56.7 Å². The van der Waals surface area contributed by atoms with Crippen molar-refractivity contribution < 1.29 is 14.3 Å². The Balaban J connectivity index is 1.15. The van der Waals surface area contributed by atoms with E-state index in [1.165, 1.54) is 67.0 Å². The minimum Gasteiger partial charge on any atom is -0.469 e. The Bertz CT molecular complexity index is 1380. The number of carbonyl (C=O) groups is 2. The highest BCUT2D eigenvalue weighted by Crippen LogP contribution is 2.53. The second-order valence-electron chi connectivity index (χ2n) is 12.9. The number of ether oxygens (including phenoxy) is 1. The fraction of sp³-hybridized carbons (Fsp3) is 0.514. The van der Waals surface area contributed by atoms with E-state index < -0.39 is 0 Å². The first-order valence-electron chi connectivity index (χ1n) is 15.1. The lowest BCUT2D eigenvalue weighted by Gasteiger charge is -2.38. The number of aryl methyl sites for hydroxylation is 1. The third-order valence-electron chi connectivity index (χ3n) is 10.2. The number of hydrogen-bond acceptors (Lipinski definition) is 4. The van der Waals surface area contributed by atoms with Gasteiger partial charge in [0.25, 0.3) is 0 Å². The average molecular weight is 539 g/mol. The molecular formula is C35H42N2O3. The number of nitrogens with zero attached hydrogens (tertiary/aromatic N) is 2. The number of rotatable bonds is 7. The van der Waals surface area contributed by atoms with Crippen LogP contribution in [0.1, 0.15) is 81.0 Å². The highest BCUT2D eigenvalue weighted by molar-refractivity contribution is 6.03. The molecule has 210 valence electrons. The number of esters is 1. The molecule has 0 N–H and O–H groups in total. The number of carbonyl (C=O) groups excluding carboxylic acids is 2. The van der Waals surface area contributed by atoms with E-state index in [2.05, 4.69) is 43.3 Å². The summed E-state index contributed by atoms with van der Waals surface area (Å²) in [6, 6.07) is 13.7. The summed E-state index contributed by atoms with van der Waals surface area (Å²) >= 11 is 0. The maximum Gasteiger partial charge on any atom is 0.306 e. The predicted molar refractivity (Wildman–Crippen MR) is 160 cm³/mol. The van der Waals surface area contributed by atoms with Gasteiger partial charge in [-0.15, -0.1) is 0 Å². The molecule has 0 unspecified atom stereocenters. The SMILES string of the molecule is COC(=O)C[C@H](C(=O)N1CCC[C@H]1C1=NC=C(c2ccc(-c3ccc(C)c4c3CC3(CCC3)C4)cc2)C1)C(C)C. The standard InChI is InChI=1S/C35H42N2O3/c1-22(2)28(18-33(38)40-4)34(39)37-16-5-7-32(37)31-17-26(21-36-31)24-9-11-25(12-10-24)27-13-8-23(3)29-19-35(14-6-15-35)20-30(27)29/h8-13,21-22,28,32H,5-7,14-20H2,1-4H3/t28-,32-/m0/s1. The fourth-order valence-corrected chi connectivity index (χ4v) is 7.52. The summed E-state index contributed by atoms with van der Waals surface area (Å²) in [6.07, 6.45) is 11.4. The summed E-state index contributed by atoms with van der Waals surface area (Å²) in [7, 11) is 1.38. The van der Waals surface area contributed by atoms with Crippen molar-refractivity contribution in [2.45, 2.75) is 84.6 Å². The molecule has 1 spiro atoms. The van der Waals surface area contributed by atoms with Crippen LogP contribution in [0.2, 0.25) is 0 Å². The van der Waals surface area contributed by atoms with Gasteiger partial charge in [0.1, 0.15) is 0 Å². The smallest absolute Gasteiger partial charge is 0.306 e. The van der Waals surface area contributed by atoms with Crippen LogP contribution in [0, 0.1) is 24.2 Å². The lowest BCUT2D eigenvalue weighted by molar-refractivity contribution is -0.148. The van der Waals surface area contributed by atoms with Crippen molar-refractivity contribution in [3.8, 4) is 11.1 Å². The highest BCUT2D eigenvalue weighted by Gasteiger charge is 2.43. The summed E-state index contributed by atoms with van der Waals surface area (Å²) in [5.74, 6) is -0.568. The maximum absolute atomic E-state index is 13.5. The van der Waals surface area contributed by atoms with Crippen LogP contribution in [0.25, 0.3) is 16.7 Å². The Labute approximate surface area is 238 Å². The number of benzene rings is 2. The van der Waals surface area contributed by atoms with Crippen molar-refractivity contribution in [2.75, 3.05) is 13.7 Å². The molecule has 1 amide bonds. The molecule has 6 rings (SSSR count). The Hall–Kier alpha value is -3.21. The largest absolute Gasteiger partial charge is 0.469 e. The molecule has 2 aromatic carbocycles. The number of methoxy groups -OCH3 is 1. The van der Waals surface area contributed by atoms with Gasteiger partial charge in [-0.25, -0.2) is 0 Å². The Morgan fingerprint density at radius 2 is 1.75 bits per heavy atom. The van der Waals surface area contributed by atoms with Crippen molar-refractivity contribution in [1.29, 1.82) is 0 Å². The van der Waals surface area contributed by atoms with Crippen molar-refractivity contribution in [3.63, 3.8) is 0 Å². The van der Waals surface area contributed by atoms with Crippen LogP contribution in [0.5, 0.6) is 0 Å². The number of hydrogen-bond donors (Lipinski definition) is 0. The van der Waals surface area contributed by atoms with E-state index in [4.69, 9.17) is 9.73 Å². The third-order valence-corrected chi connectivity index (χ3v) is 10.2. The Morgan fingerprint density at radius 1 is 1.02 bits per heavy atom. The molecule has 5 nitrogen and oxygen atoms in total. The minimum absolute atomic E-state index is 0.00777. The lowest BCUT2D eigenvalue weighted by atomic mass is 9.67. The summed E-state index contributed by atoms with van der Waals surface area (Å²) in [4.78, 5) is 32.3. The first-order valence-corrected chi connectivity index (χ1v) is 15.1. The molecule has 4 aliphatic rings. The van der Waals surface area contributed by atoms with Crippen molar-refractivity contribution >= 4 is 23.2 Å². The molecule has 2 aliphatic heterocycles. The monoisotopic (exact) mass is 538 g/mol. The van der Waals surface area contributed by atoms with Gasteiger partial charge in [0.05, 0.1) is 25.5 Å². The molecule has 1 saturated carbocycles. The number of fused-ring (bicyclic) bond motifs is 1. The van der Waals surface area contributed by atoms with E-state index >= 15 is 0 Å². The van der Waals surface area contributed by atoms with Crippen molar-refractivity contribution in [2.24, 2.45) is 22.2 Å². The minimum atomic E-state index is -0.363. The molecule has 2 aliphatic carbocycles. The van der Waals surface area contributed by atoms with Crippen LogP contribution in [0.4, 0.5) is 0 Å². The zero-order valence-electron chi connectivity index (χ0n) is 24.5. The van der Waals surface area contributed by atoms with Crippen LogP contribution >= 0.6 is 0 Å². The van der Waals surface area contributed by atoms with Gasteiger partial charge in [-0.05, 0) is 95.7 Å². The van der Waals surface area contributed by atoms with E-state index in [-0.39, 0.29) is 36.2 Å². The van der Waals surface area contributed by atoms with Gasteiger partial charge < -0.3 is 9.64 Å². The van der Waals surface area contributed by atoms with E-state index in [1.54, 1.807) is 11.1 Å². The summed E-state index contributed by atoms with van der Waals surface area (Å²) in [6.45, 7) is 7.00. The van der Waals surface area contributed by atoms with Gasteiger partial charge in [0.2, 0.25) is 5.91 Å². The molecule has 0 bridgehead atoms.